The highest BCUT2D eigenvalue weighted by Crippen LogP contribution is 2.38. The Bertz CT molecular complexity index is 1810. The van der Waals surface area contributed by atoms with E-state index in [9.17, 15) is 19.4 Å². The number of aliphatic hydroxyl groups excluding tert-OH is 1. The predicted molar refractivity (Wildman–Crippen MR) is 385 cm³/mol. The summed E-state index contributed by atoms with van der Waals surface area (Å²) in [6, 6.07) is -0.896. The van der Waals surface area contributed by atoms with Gasteiger partial charge in [0.25, 0.3) is 7.82 Å². The van der Waals surface area contributed by atoms with Crippen LogP contribution in [0.1, 0.15) is 335 Å². The van der Waals surface area contributed by atoms with Crippen molar-refractivity contribution >= 4 is 13.7 Å². The van der Waals surface area contributed by atoms with E-state index in [1.54, 1.807) is 6.08 Å². The highest BCUT2D eigenvalue weighted by molar-refractivity contribution is 7.45. The van der Waals surface area contributed by atoms with Gasteiger partial charge < -0.3 is 28.8 Å². The van der Waals surface area contributed by atoms with E-state index in [2.05, 4.69) is 116 Å². The van der Waals surface area contributed by atoms with Crippen molar-refractivity contribution in [1.82, 2.24) is 5.32 Å². The lowest BCUT2D eigenvalue weighted by atomic mass is 10.0. The minimum Gasteiger partial charge on any atom is -0.756 e. The van der Waals surface area contributed by atoms with Gasteiger partial charge in [0.15, 0.2) is 0 Å². The van der Waals surface area contributed by atoms with Gasteiger partial charge in [0.1, 0.15) is 13.2 Å². The molecule has 9 heteroatoms. The van der Waals surface area contributed by atoms with Gasteiger partial charge in [-0.05, 0) is 83.5 Å². The molecule has 0 saturated heterocycles. The van der Waals surface area contributed by atoms with Crippen LogP contribution < -0.4 is 10.2 Å². The highest BCUT2D eigenvalue weighted by atomic mass is 31.2. The van der Waals surface area contributed by atoms with Crippen LogP contribution in [0.2, 0.25) is 0 Å². The second-order valence-corrected chi connectivity index (χ2v) is 27.7. The van der Waals surface area contributed by atoms with E-state index in [0.717, 1.165) is 89.9 Å². The Kier molecular flexibility index (Phi) is 66.3. The van der Waals surface area contributed by atoms with Gasteiger partial charge >= 0.3 is 0 Å². The molecule has 0 bridgehead atoms. The molecule has 1 amide bonds. The average Bonchev–Trinajstić information content (AvgIpc) is 3.70. The van der Waals surface area contributed by atoms with Gasteiger partial charge in [-0.15, -0.1) is 0 Å². The third-order valence-electron chi connectivity index (χ3n) is 16.5. The van der Waals surface area contributed by atoms with Crippen molar-refractivity contribution in [3.8, 4) is 0 Å². The zero-order chi connectivity index (χ0) is 64.1. The number of hydrogen-bond acceptors (Lipinski definition) is 6. The fraction of sp³-hybridized carbons (Fsp3) is 0.759. The largest absolute Gasteiger partial charge is 0.756 e. The van der Waals surface area contributed by atoms with Crippen LogP contribution in [0.15, 0.2) is 109 Å². The Morgan fingerprint density at radius 3 is 1.01 bits per heavy atom. The summed E-state index contributed by atoms with van der Waals surface area (Å²) in [6.07, 6.45) is 101. The van der Waals surface area contributed by atoms with Crippen LogP contribution in [0.25, 0.3) is 0 Å². The number of aliphatic hydroxyl groups is 1. The first-order valence-corrected chi connectivity index (χ1v) is 38.7. The van der Waals surface area contributed by atoms with Crippen molar-refractivity contribution in [2.45, 2.75) is 347 Å². The number of allylic oxidation sites excluding steroid dienone is 17. The smallest absolute Gasteiger partial charge is 0.268 e. The number of rotatable bonds is 68. The number of carbonyl (C=O) groups is 1. The number of likely N-dealkylation sites (N-methyl/N-ethyl adjacent to an activating group) is 1. The number of carbonyl (C=O) groups excluding carboxylic acids is 1. The molecule has 8 nitrogen and oxygen atoms in total. The number of hydrogen-bond donors (Lipinski definition) is 2. The molecular formula is C79H143N2O6P. The van der Waals surface area contributed by atoms with E-state index in [1.165, 1.54) is 225 Å². The number of nitrogens with zero attached hydrogens (tertiary/aromatic N) is 1. The van der Waals surface area contributed by atoms with E-state index in [0.29, 0.717) is 17.4 Å². The van der Waals surface area contributed by atoms with Crippen LogP contribution in [0.4, 0.5) is 0 Å². The fourth-order valence-electron chi connectivity index (χ4n) is 10.8. The standard InChI is InChI=1S/C79H143N2O6P/c1-6-8-10-12-14-16-18-20-22-24-26-28-30-32-34-36-37-38-39-40-41-42-43-45-47-49-51-53-55-57-59-61-63-65-67-69-71-73-79(83)80-77(76-87-88(84,85)86-75-74-81(3,4)5)78(82)72-70-68-66-64-62-60-58-56-54-52-50-48-46-44-35-33-31-29-27-25-23-21-19-17-15-13-11-9-7-2/h8,10,14,16,20,22,26,28,32,34,37-38,40-41,43,45,70,72,77-78,82H,6-7,9,11-13,15,17-19,21,23-25,27,29-31,33,35-36,39,42,44,46-69,71,73-76H2,1-5H3,(H-,80,83,84,85)/b10-8-,16-14-,22-20-,28-26-,34-32-,38-37-,41-40-,45-43-,72-70+. The lowest BCUT2D eigenvalue weighted by molar-refractivity contribution is -0.870. The minimum absolute atomic E-state index is 0.00473. The summed E-state index contributed by atoms with van der Waals surface area (Å²) in [5.74, 6) is -0.199. The molecule has 3 atom stereocenters. The molecule has 0 radical (unpaired) electrons. The molecule has 88 heavy (non-hydrogen) atoms. The SMILES string of the molecule is CC/C=C\C/C=C\C/C=C\C/C=C\C/C=C\C/C=C\C/C=C\C/C=C\CCCCCCCCCCCCCCC(=O)NC(COP(=O)([O-])OCC[N+](C)(C)C)C(O)/C=C/CCCCCCCCCCCCCCCCCCCCCCCCCCCCC. The van der Waals surface area contributed by atoms with Crippen molar-refractivity contribution in [1.29, 1.82) is 0 Å². The number of amides is 1. The molecule has 2 N–H and O–H groups in total. The number of phosphoric ester groups is 1. The number of nitrogens with one attached hydrogen (secondary N) is 1. The molecule has 0 aromatic carbocycles. The minimum atomic E-state index is -4.61. The van der Waals surface area contributed by atoms with Gasteiger partial charge in [-0.3, -0.25) is 9.36 Å². The molecule has 0 fully saturated rings. The first-order chi connectivity index (χ1) is 43.0. The van der Waals surface area contributed by atoms with Gasteiger partial charge in [-0.1, -0.05) is 354 Å². The van der Waals surface area contributed by atoms with E-state index in [1.807, 2.05) is 27.2 Å². The normalized spacial score (nSPS) is 14.2. The molecule has 0 heterocycles. The van der Waals surface area contributed by atoms with Gasteiger partial charge in [0.05, 0.1) is 39.9 Å². The van der Waals surface area contributed by atoms with E-state index in [4.69, 9.17) is 9.05 Å². The highest BCUT2D eigenvalue weighted by Gasteiger charge is 2.23. The second kappa shape index (κ2) is 68.5. The van der Waals surface area contributed by atoms with Crippen LogP contribution in [-0.4, -0.2) is 68.5 Å². The fourth-order valence-corrected chi connectivity index (χ4v) is 11.5. The Morgan fingerprint density at radius 1 is 0.409 bits per heavy atom. The molecule has 0 aromatic heterocycles. The maximum atomic E-state index is 13.1. The maximum Gasteiger partial charge on any atom is 0.268 e. The summed E-state index contributed by atoms with van der Waals surface area (Å²) in [4.78, 5) is 25.7. The zero-order valence-corrected chi connectivity index (χ0v) is 59.3. The Labute approximate surface area is 546 Å². The van der Waals surface area contributed by atoms with Crippen molar-refractivity contribution in [2.75, 3.05) is 40.9 Å². The van der Waals surface area contributed by atoms with Crippen LogP contribution in [0.5, 0.6) is 0 Å². The molecular weight excluding hydrogens is 1100 g/mol. The lowest BCUT2D eigenvalue weighted by Gasteiger charge is -2.29. The van der Waals surface area contributed by atoms with Crippen LogP contribution >= 0.6 is 7.82 Å². The summed E-state index contributed by atoms with van der Waals surface area (Å²) in [7, 11) is 1.26. The Morgan fingerprint density at radius 2 is 0.693 bits per heavy atom. The predicted octanol–water partition coefficient (Wildman–Crippen LogP) is 23.6. The molecule has 0 aliphatic heterocycles. The second-order valence-electron chi connectivity index (χ2n) is 26.3. The molecule has 0 spiro atoms. The number of quaternary nitrogens is 1. The summed E-state index contributed by atoms with van der Waals surface area (Å²) in [6.45, 7) is 4.57. The maximum absolute atomic E-state index is 13.1. The van der Waals surface area contributed by atoms with Gasteiger partial charge in [-0.2, -0.15) is 0 Å². The number of phosphoric acid groups is 1. The van der Waals surface area contributed by atoms with E-state index in [-0.39, 0.29) is 19.1 Å². The van der Waals surface area contributed by atoms with E-state index >= 15 is 0 Å². The molecule has 0 saturated carbocycles. The van der Waals surface area contributed by atoms with Crippen LogP contribution in [-0.2, 0) is 18.4 Å². The van der Waals surface area contributed by atoms with Crippen molar-refractivity contribution in [2.24, 2.45) is 0 Å². The van der Waals surface area contributed by atoms with Gasteiger partial charge in [-0.25, -0.2) is 0 Å². The Balaban J connectivity index is 4.07. The summed E-state index contributed by atoms with van der Waals surface area (Å²) in [5.41, 5.74) is 0. The molecule has 0 aromatic rings. The summed E-state index contributed by atoms with van der Waals surface area (Å²) >= 11 is 0. The first kappa shape index (κ1) is 85.2. The quantitative estimate of drug-likeness (QED) is 0.0272. The monoisotopic (exact) mass is 1250 g/mol. The molecule has 510 valence electrons. The van der Waals surface area contributed by atoms with Crippen molar-refractivity contribution in [3.05, 3.63) is 109 Å². The molecule has 0 aliphatic rings. The molecule has 0 aliphatic carbocycles. The first-order valence-electron chi connectivity index (χ1n) is 37.2. The summed E-state index contributed by atoms with van der Waals surface area (Å²) < 4.78 is 23.5. The van der Waals surface area contributed by atoms with Crippen molar-refractivity contribution < 1.29 is 32.9 Å². The number of unbranched alkanes of at least 4 members (excludes halogenated alkanes) is 39. The Hall–Kier alpha value is -2.84. The van der Waals surface area contributed by atoms with E-state index < -0.39 is 20.0 Å². The third kappa shape index (κ3) is 70.6. The van der Waals surface area contributed by atoms with Crippen molar-refractivity contribution in [3.63, 3.8) is 0 Å². The molecule has 3 unspecified atom stereocenters. The topological polar surface area (TPSA) is 108 Å². The van der Waals surface area contributed by atoms with Gasteiger partial charge in [0.2, 0.25) is 5.91 Å². The van der Waals surface area contributed by atoms with Crippen LogP contribution in [0, 0.1) is 0 Å². The van der Waals surface area contributed by atoms with Gasteiger partial charge in [0, 0.05) is 6.42 Å². The third-order valence-corrected chi connectivity index (χ3v) is 17.5. The lowest BCUT2D eigenvalue weighted by Crippen LogP contribution is -2.45. The average molecular weight is 1250 g/mol. The van der Waals surface area contributed by atoms with Crippen LogP contribution in [0.3, 0.4) is 0 Å². The zero-order valence-electron chi connectivity index (χ0n) is 58.4. The molecule has 0 rings (SSSR count). The summed E-state index contributed by atoms with van der Waals surface area (Å²) in [5, 5.41) is 14.0.